The van der Waals surface area contributed by atoms with Crippen LogP contribution >= 0.6 is 0 Å². The van der Waals surface area contributed by atoms with Crippen molar-refractivity contribution in [3.63, 3.8) is 0 Å². The predicted octanol–water partition coefficient (Wildman–Crippen LogP) is 2.63. The SMILES string of the molecule is Cn1c(C(=O)NCC2CCCO2)cc2c1CCN(Cc1cccc(F)c1)C2. The number of amides is 1. The molecule has 144 valence electrons. The number of nitrogens with zero attached hydrogens (tertiary/aromatic N) is 2. The van der Waals surface area contributed by atoms with Gasteiger partial charge >= 0.3 is 0 Å². The summed E-state index contributed by atoms with van der Waals surface area (Å²) in [6, 6.07) is 8.76. The summed E-state index contributed by atoms with van der Waals surface area (Å²) < 4.78 is 21.0. The molecule has 1 aromatic heterocycles. The molecule has 3 heterocycles. The van der Waals surface area contributed by atoms with Gasteiger partial charge in [-0.2, -0.15) is 0 Å². The fourth-order valence-electron chi connectivity index (χ4n) is 4.10. The Morgan fingerprint density at radius 2 is 2.26 bits per heavy atom. The number of hydrogen-bond acceptors (Lipinski definition) is 3. The normalized spacial score (nSPS) is 19.9. The van der Waals surface area contributed by atoms with Crippen LogP contribution in [0.1, 0.15) is 40.2 Å². The van der Waals surface area contributed by atoms with Crippen LogP contribution in [0.5, 0.6) is 0 Å². The molecule has 2 aromatic rings. The second kappa shape index (κ2) is 7.82. The van der Waals surface area contributed by atoms with Gasteiger partial charge in [0, 0.05) is 51.9 Å². The molecular weight excluding hydrogens is 345 g/mol. The summed E-state index contributed by atoms with van der Waals surface area (Å²) in [4.78, 5) is 14.9. The molecular formula is C21H26FN3O2. The molecule has 0 radical (unpaired) electrons. The highest BCUT2D eigenvalue weighted by Gasteiger charge is 2.24. The molecule has 1 fully saturated rings. The summed E-state index contributed by atoms with van der Waals surface area (Å²) in [5.41, 5.74) is 4.07. The van der Waals surface area contributed by atoms with Crippen LogP contribution < -0.4 is 5.32 Å². The van der Waals surface area contributed by atoms with E-state index >= 15 is 0 Å². The highest BCUT2D eigenvalue weighted by molar-refractivity contribution is 5.93. The van der Waals surface area contributed by atoms with Crippen LogP contribution in [0.4, 0.5) is 4.39 Å². The standard InChI is InChI=1S/C21H26FN3O2/c1-24-19-7-8-25(13-15-4-2-5-17(22)10-15)14-16(19)11-20(24)21(26)23-12-18-6-3-9-27-18/h2,4-5,10-11,18H,3,6-9,12-14H2,1H3,(H,23,26). The lowest BCUT2D eigenvalue weighted by molar-refractivity contribution is 0.0851. The van der Waals surface area contributed by atoms with E-state index in [0.717, 1.165) is 44.5 Å². The minimum atomic E-state index is -0.199. The fourth-order valence-corrected chi connectivity index (χ4v) is 4.10. The summed E-state index contributed by atoms with van der Waals surface area (Å²) in [7, 11) is 1.96. The van der Waals surface area contributed by atoms with Crippen molar-refractivity contribution < 1.29 is 13.9 Å². The molecule has 2 aliphatic heterocycles. The molecule has 1 aromatic carbocycles. The van der Waals surface area contributed by atoms with E-state index in [0.29, 0.717) is 18.8 Å². The molecule has 0 saturated carbocycles. The van der Waals surface area contributed by atoms with Crippen molar-refractivity contribution in [3.05, 3.63) is 58.7 Å². The van der Waals surface area contributed by atoms with Gasteiger partial charge in [0.2, 0.25) is 0 Å². The van der Waals surface area contributed by atoms with Crippen molar-refractivity contribution in [2.45, 2.75) is 38.5 Å². The number of benzene rings is 1. The smallest absolute Gasteiger partial charge is 0.268 e. The second-order valence-electron chi connectivity index (χ2n) is 7.50. The van der Waals surface area contributed by atoms with Crippen LogP contribution in [0.2, 0.25) is 0 Å². The maximum atomic E-state index is 13.4. The van der Waals surface area contributed by atoms with Gasteiger partial charge < -0.3 is 14.6 Å². The first-order valence-electron chi connectivity index (χ1n) is 9.64. The molecule has 6 heteroatoms. The van der Waals surface area contributed by atoms with Gasteiger partial charge in [-0.15, -0.1) is 0 Å². The number of nitrogens with one attached hydrogen (secondary N) is 1. The summed E-state index contributed by atoms with van der Waals surface area (Å²) in [5.74, 6) is -0.241. The van der Waals surface area contributed by atoms with Crippen molar-refractivity contribution in [1.82, 2.24) is 14.8 Å². The lowest BCUT2D eigenvalue weighted by atomic mass is 10.1. The molecule has 1 N–H and O–H groups in total. The zero-order chi connectivity index (χ0) is 18.8. The summed E-state index contributed by atoms with van der Waals surface area (Å²) in [5, 5.41) is 3.01. The Kier molecular flexibility index (Phi) is 5.27. The van der Waals surface area contributed by atoms with E-state index in [4.69, 9.17) is 4.74 Å². The highest BCUT2D eigenvalue weighted by Crippen LogP contribution is 2.24. The van der Waals surface area contributed by atoms with E-state index in [-0.39, 0.29) is 17.8 Å². The topological polar surface area (TPSA) is 46.5 Å². The van der Waals surface area contributed by atoms with Crippen LogP contribution in [0.25, 0.3) is 0 Å². The van der Waals surface area contributed by atoms with Crippen LogP contribution in [0, 0.1) is 5.82 Å². The molecule has 1 unspecified atom stereocenters. The Hall–Kier alpha value is -2.18. The van der Waals surface area contributed by atoms with Gasteiger partial charge in [-0.1, -0.05) is 12.1 Å². The number of aromatic nitrogens is 1. The van der Waals surface area contributed by atoms with Crippen molar-refractivity contribution in [1.29, 1.82) is 0 Å². The number of hydrogen-bond donors (Lipinski definition) is 1. The van der Waals surface area contributed by atoms with E-state index in [1.807, 2.05) is 23.7 Å². The molecule has 1 amide bonds. The van der Waals surface area contributed by atoms with E-state index in [1.54, 1.807) is 12.1 Å². The molecule has 27 heavy (non-hydrogen) atoms. The second-order valence-corrected chi connectivity index (χ2v) is 7.50. The summed E-state index contributed by atoms with van der Waals surface area (Å²) in [6.45, 7) is 3.75. The van der Waals surface area contributed by atoms with Gasteiger partial charge in [-0.3, -0.25) is 9.69 Å². The largest absolute Gasteiger partial charge is 0.376 e. The third kappa shape index (κ3) is 4.06. The van der Waals surface area contributed by atoms with E-state index < -0.39 is 0 Å². The van der Waals surface area contributed by atoms with Crippen molar-refractivity contribution >= 4 is 5.91 Å². The van der Waals surface area contributed by atoms with Crippen LogP contribution in [0.3, 0.4) is 0 Å². The fraction of sp³-hybridized carbons (Fsp3) is 0.476. The van der Waals surface area contributed by atoms with E-state index in [2.05, 4.69) is 10.2 Å². The Morgan fingerprint density at radius 3 is 3.04 bits per heavy atom. The molecule has 0 bridgehead atoms. The number of halogens is 1. The molecule has 1 atom stereocenters. The Balaban J connectivity index is 1.41. The Bertz CT molecular complexity index is 827. The number of ether oxygens (including phenoxy) is 1. The average Bonchev–Trinajstić information content (AvgIpc) is 3.28. The molecule has 4 rings (SSSR count). The number of carbonyl (C=O) groups excluding carboxylic acids is 1. The first-order valence-corrected chi connectivity index (χ1v) is 9.64. The number of carbonyl (C=O) groups is 1. The maximum Gasteiger partial charge on any atom is 0.268 e. The monoisotopic (exact) mass is 371 g/mol. The molecule has 2 aliphatic rings. The van der Waals surface area contributed by atoms with Crippen molar-refractivity contribution in [3.8, 4) is 0 Å². The summed E-state index contributed by atoms with van der Waals surface area (Å²) in [6.07, 6.45) is 3.12. The zero-order valence-electron chi connectivity index (χ0n) is 15.7. The van der Waals surface area contributed by atoms with Crippen LogP contribution in [-0.2, 0) is 31.3 Å². The quantitative estimate of drug-likeness (QED) is 0.879. The third-order valence-electron chi connectivity index (χ3n) is 5.55. The lowest BCUT2D eigenvalue weighted by Crippen LogP contribution is -2.33. The van der Waals surface area contributed by atoms with Crippen LogP contribution in [0.15, 0.2) is 30.3 Å². The Morgan fingerprint density at radius 1 is 1.37 bits per heavy atom. The lowest BCUT2D eigenvalue weighted by Gasteiger charge is -2.27. The first-order chi connectivity index (χ1) is 13.1. The van der Waals surface area contributed by atoms with Crippen molar-refractivity contribution in [2.75, 3.05) is 19.7 Å². The number of rotatable bonds is 5. The van der Waals surface area contributed by atoms with Gasteiger partial charge in [0.05, 0.1) is 6.10 Å². The van der Waals surface area contributed by atoms with Gasteiger partial charge in [-0.05, 0) is 42.2 Å². The van der Waals surface area contributed by atoms with Crippen molar-refractivity contribution in [2.24, 2.45) is 7.05 Å². The van der Waals surface area contributed by atoms with Gasteiger partial charge in [0.1, 0.15) is 11.5 Å². The molecule has 1 saturated heterocycles. The first kappa shape index (κ1) is 18.2. The highest BCUT2D eigenvalue weighted by atomic mass is 19.1. The van der Waals surface area contributed by atoms with E-state index in [9.17, 15) is 9.18 Å². The minimum Gasteiger partial charge on any atom is -0.376 e. The molecule has 0 aliphatic carbocycles. The van der Waals surface area contributed by atoms with Gasteiger partial charge in [0.25, 0.3) is 5.91 Å². The summed E-state index contributed by atoms with van der Waals surface area (Å²) >= 11 is 0. The average molecular weight is 371 g/mol. The predicted molar refractivity (Wildman–Crippen MR) is 101 cm³/mol. The zero-order valence-corrected chi connectivity index (χ0v) is 15.7. The number of fused-ring (bicyclic) bond motifs is 1. The van der Waals surface area contributed by atoms with E-state index in [1.165, 1.54) is 17.3 Å². The minimum absolute atomic E-state index is 0.0425. The van der Waals surface area contributed by atoms with Gasteiger partial charge in [-0.25, -0.2) is 4.39 Å². The molecule has 0 spiro atoms. The van der Waals surface area contributed by atoms with Gasteiger partial charge in [0.15, 0.2) is 0 Å². The Labute approximate surface area is 159 Å². The third-order valence-corrected chi connectivity index (χ3v) is 5.55. The van der Waals surface area contributed by atoms with Crippen LogP contribution in [-0.4, -0.2) is 41.2 Å². The maximum absolute atomic E-state index is 13.4. The molecule has 5 nitrogen and oxygen atoms in total.